The molecular formula is C22H27ClFN3O4. The van der Waals surface area contributed by atoms with Gasteiger partial charge >= 0.3 is 6.03 Å². The van der Waals surface area contributed by atoms with Crippen LogP contribution in [0.15, 0.2) is 18.2 Å². The van der Waals surface area contributed by atoms with Crippen LogP contribution in [0.3, 0.4) is 0 Å². The number of hydrogen-bond donors (Lipinski definition) is 1. The Morgan fingerprint density at radius 3 is 2.74 bits per heavy atom. The van der Waals surface area contributed by atoms with Crippen LogP contribution in [0.1, 0.15) is 24.8 Å². The van der Waals surface area contributed by atoms with E-state index in [2.05, 4.69) is 5.32 Å². The van der Waals surface area contributed by atoms with Crippen molar-refractivity contribution in [1.82, 2.24) is 15.1 Å². The molecule has 1 aromatic rings. The molecule has 2 unspecified atom stereocenters. The highest BCUT2D eigenvalue weighted by Gasteiger charge is 2.45. The molecule has 31 heavy (non-hydrogen) atoms. The zero-order valence-corrected chi connectivity index (χ0v) is 18.0. The molecule has 0 radical (unpaired) electrons. The third-order valence-electron chi connectivity index (χ3n) is 7.06. The molecule has 4 fully saturated rings. The lowest BCUT2D eigenvalue weighted by Crippen LogP contribution is -2.62. The van der Waals surface area contributed by atoms with E-state index in [1.807, 2.05) is 9.80 Å². The van der Waals surface area contributed by atoms with Crippen molar-refractivity contribution in [2.75, 3.05) is 32.8 Å². The zero-order valence-electron chi connectivity index (χ0n) is 17.3. The van der Waals surface area contributed by atoms with Gasteiger partial charge in [0.25, 0.3) is 0 Å². The minimum Gasteiger partial charge on any atom is -0.373 e. The number of piperidine rings is 1. The molecule has 0 bridgehead atoms. The van der Waals surface area contributed by atoms with Crippen LogP contribution in [-0.2, 0) is 20.9 Å². The van der Waals surface area contributed by atoms with E-state index in [1.165, 1.54) is 12.1 Å². The quantitative estimate of drug-likeness (QED) is 0.766. The number of amides is 3. The Balaban J connectivity index is 1.11. The van der Waals surface area contributed by atoms with Crippen molar-refractivity contribution in [3.63, 3.8) is 0 Å². The van der Waals surface area contributed by atoms with Gasteiger partial charge in [-0.25, -0.2) is 9.18 Å². The Bertz CT molecular complexity index is 857. The fourth-order valence-corrected chi connectivity index (χ4v) is 5.68. The first-order chi connectivity index (χ1) is 15.0. The number of likely N-dealkylation sites (tertiary alicyclic amines) is 2. The number of ether oxygens (including phenoxy) is 2. The summed E-state index contributed by atoms with van der Waals surface area (Å²) in [7, 11) is 0. The van der Waals surface area contributed by atoms with Crippen molar-refractivity contribution in [2.45, 2.75) is 44.1 Å². The molecule has 0 aromatic heterocycles. The molecule has 3 heterocycles. The van der Waals surface area contributed by atoms with Crippen LogP contribution in [0, 0.1) is 17.7 Å². The predicted molar refractivity (Wildman–Crippen MR) is 111 cm³/mol. The maximum atomic E-state index is 13.2. The molecule has 3 amide bonds. The molecule has 168 valence electrons. The fraction of sp³-hybridized carbons (Fsp3) is 0.636. The summed E-state index contributed by atoms with van der Waals surface area (Å²) < 4.78 is 24.8. The van der Waals surface area contributed by atoms with Crippen LogP contribution in [0.2, 0.25) is 5.02 Å². The minimum absolute atomic E-state index is 0.00669. The molecule has 1 saturated carbocycles. The van der Waals surface area contributed by atoms with Crippen molar-refractivity contribution in [1.29, 1.82) is 0 Å². The third kappa shape index (κ3) is 4.38. The maximum Gasteiger partial charge on any atom is 0.320 e. The summed E-state index contributed by atoms with van der Waals surface area (Å²) in [5, 5.41) is 3.34. The van der Waals surface area contributed by atoms with E-state index >= 15 is 0 Å². The summed E-state index contributed by atoms with van der Waals surface area (Å²) in [6, 6.07) is 4.31. The standard InChI is InChI=1S/C22H27ClFN3O4/c23-18-7-16(24)2-1-13(18)11-30-17-5-14-8-27(9-15(14)6-17)22(29)26-4-3-20-19(10-26)25-21(28)12-31-20/h1-2,7,14-15,17,19-20H,3-6,8-12H2,(H,25,28)/t14?,15?,17?,19-,20+/m1/s1. The lowest BCUT2D eigenvalue weighted by molar-refractivity contribution is -0.139. The summed E-state index contributed by atoms with van der Waals surface area (Å²) in [5.74, 6) is 0.413. The Labute approximate surface area is 185 Å². The number of rotatable bonds is 3. The summed E-state index contributed by atoms with van der Waals surface area (Å²) >= 11 is 6.09. The molecule has 9 heteroatoms. The first-order valence-corrected chi connectivity index (χ1v) is 11.3. The van der Waals surface area contributed by atoms with Gasteiger partial charge in [0.1, 0.15) is 12.4 Å². The number of hydrogen-bond acceptors (Lipinski definition) is 4. The molecule has 1 aliphatic carbocycles. The second kappa shape index (κ2) is 8.56. The maximum absolute atomic E-state index is 13.2. The van der Waals surface area contributed by atoms with E-state index in [0.29, 0.717) is 36.6 Å². The van der Waals surface area contributed by atoms with Gasteiger partial charge in [0.15, 0.2) is 0 Å². The Morgan fingerprint density at radius 2 is 2.00 bits per heavy atom. The zero-order chi connectivity index (χ0) is 21.5. The van der Waals surface area contributed by atoms with Crippen LogP contribution < -0.4 is 5.32 Å². The van der Waals surface area contributed by atoms with Crippen molar-refractivity contribution >= 4 is 23.5 Å². The number of carbonyl (C=O) groups excluding carboxylic acids is 2. The number of fused-ring (bicyclic) bond motifs is 2. The summed E-state index contributed by atoms with van der Waals surface area (Å²) in [6.07, 6.45) is 2.73. The van der Waals surface area contributed by atoms with Gasteiger partial charge in [0.2, 0.25) is 5.91 Å². The normalized spacial score (nSPS) is 32.6. The average Bonchev–Trinajstić information content (AvgIpc) is 3.31. The monoisotopic (exact) mass is 451 g/mol. The Morgan fingerprint density at radius 1 is 1.23 bits per heavy atom. The van der Waals surface area contributed by atoms with Gasteiger partial charge in [0.05, 0.1) is 24.9 Å². The van der Waals surface area contributed by atoms with E-state index in [1.54, 1.807) is 6.07 Å². The molecular weight excluding hydrogens is 425 g/mol. The van der Waals surface area contributed by atoms with Crippen molar-refractivity contribution in [3.8, 4) is 0 Å². The molecule has 1 aromatic carbocycles. The van der Waals surface area contributed by atoms with E-state index in [0.717, 1.165) is 37.9 Å². The number of halogens is 2. The van der Waals surface area contributed by atoms with Crippen molar-refractivity contribution in [3.05, 3.63) is 34.6 Å². The Kier molecular flexibility index (Phi) is 5.79. The molecule has 5 rings (SSSR count). The highest BCUT2D eigenvalue weighted by Crippen LogP contribution is 2.40. The number of morpholine rings is 1. The van der Waals surface area contributed by atoms with Gasteiger partial charge in [-0.1, -0.05) is 17.7 Å². The predicted octanol–water partition coefficient (Wildman–Crippen LogP) is 2.42. The van der Waals surface area contributed by atoms with E-state index in [-0.39, 0.29) is 42.6 Å². The van der Waals surface area contributed by atoms with Crippen LogP contribution in [0.25, 0.3) is 0 Å². The first kappa shape index (κ1) is 21.0. The van der Waals surface area contributed by atoms with Gasteiger partial charge in [0, 0.05) is 31.2 Å². The summed E-state index contributed by atoms with van der Waals surface area (Å²) in [5.41, 5.74) is 0.791. The van der Waals surface area contributed by atoms with Gasteiger partial charge in [-0.05, 0) is 48.8 Å². The number of nitrogens with one attached hydrogen (secondary N) is 1. The fourth-order valence-electron chi connectivity index (χ4n) is 5.46. The highest BCUT2D eigenvalue weighted by molar-refractivity contribution is 6.31. The molecule has 0 spiro atoms. The molecule has 3 aliphatic heterocycles. The number of nitrogens with zero attached hydrogens (tertiary/aromatic N) is 2. The van der Waals surface area contributed by atoms with Crippen molar-refractivity contribution < 1.29 is 23.5 Å². The highest BCUT2D eigenvalue weighted by atomic mass is 35.5. The van der Waals surface area contributed by atoms with Gasteiger partial charge < -0.3 is 24.6 Å². The topological polar surface area (TPSA) is 71.1 Å². The second-order valence-electron chi connectivity index (χ2n) is 9.11. The van der Waals surface area contributed by atoms with Crippen LogP contribution in [0.4, 0.5) is 9.18 Å². The second-order valence-corrected chi connectivity index (χ2v) is 9.51. The van der Waals surface area contributed by atoms with Gasteiger partial charge in [-0.3, -0.25) is 4.79 Å². The van der Waals surface area contributed by atoms with Gasteiger partial charge in [-0.2, -0.15) is 0 Å². The third-order valence-corrected chi connectivity index (χ3v) is 7.41. The number of carbonyl (C=O) groups is 2. The van der Waals surface area contributed by atoms with Gasteiger partial charge in [-0.15, -0.1) is 0 Å². The lowest BCUT2D eigenvalue weighted by atomic mass is 10.0. The first-order valence-electron chi connectivity index (χ1n) is 11.0. The Hall–Kier alpha value is -1.90. The summed E-state index contributed by atoms with van der Waals surface area (Å²) in [4.78, 5) is 28.5. The SMILES string of the molecule is O=C1CO[C@H]2CCN(C(=O)N3CC4CC(OCc5ccc(F)cc5Cl)CC4C3)C[C@H]2N1. The minimum atomic E-state index is -0.350. The number of urea groups is 1. The lowest BCUT2D eigenvalue weighted by Gasteiger charge is -2.42. The molecule has 3 saturated heterocycles. The average molecular weight is 452 g/mol. The molecule has 4 aliphatic rings. The van der Waals surface area contributed by atoms with Crippen molar-refractivity contribution in [2.24, 2.45) is 11.8 Å². The van der Waals surface area contributed by atoms with Crippen LogP contribution >= 0.6 is 11.6 Å². The van der Waals surface area contributed by atoms with E-state index < -0.39 is 0 Å². The molecule has 7 nitrogen and oxygen atoms in total. The van der Waals surface area contributed by atoms with Crippen LogP contribution in [-0.4, -0.2) is 72.8 Å². The molecule has 1 N–H and O–H groups in total. The largest absolute Gasteiger partial charge is 0.373 e. The van der Waals surface area contributed by atoms with Crippen LogP contribution in [0.5, 0.6) is 0 Å². The number of benzene rings is 1. The molecule has 4 atom stereocenters. The van der Waals surface area contributed by atoms with E-state index in [4.69, 9.17) is 21.1 Å². The smallest absolute Gasteiger partial charge is 0.320 e. The van der Waals surface area contributed by atoms with E-state index in [9.17, 15) is 14.0 Å². The summed E-state index contributed by atoms with van der Waals surface area (Å²) in [6.45, 7) is 3.14.